The van der Waals surface area contributed by atoms with Crippen LogP contribution in [0.5, 0.6) is 5.75 Å². The van der Waals surface area contributed by atoms with Gasteiger partial charge in [-0.2, -0.15) is 0 Å². The van der Waals surface area contributed by atoms with Crippen molar-refractivity contribution in [3.8, 4) is 5.75 Å². The summed E-state index contributed by atoms with van der Waals surface area (Å²) in [5.74, 6) is 0.634. The van der Waals surface area contributed by atoms with Crippen molar-refractivity contribution in [3.05, 3.63) is 65.7 Å². The lowest BCUT2D eigenvalue weighted by molar-refractivity contribution is 0.0951. The van der Waals surface area contributed by atoms with Gasteiger partial charge in [-0.1, -0.05) is 35.6 Å². The molecule has 0 aliphatic carbocycles. The van der Waals surface area contributed by atoms with E-state index in [-0.39, 0.29) is 5.91 Å². The van der Waals surface area contributed by atoms with Crippen LogP contribution >= 0.6 is 11.3 Å². The van der Waals surface area contributed by atoms with Crippen LogP contribution in [0.4, 0.5) is 16.5 Å². The van der Waals surface area contributed by atoms with Gasteiger partial charge in [0.25, 0.3) is 5.91 Å². The van der Waals surface area contributed by atoms with Crippen LogP contribution in [0, 0.1) is 0 Å². The molecular formula is C20H22N4O2S. The fourth-order valence-electron chi connectivity index (χ4n) is 2.36. The largest absolute Gasteiger partial charge is 0.492 e. The summed E-state index contributed by atoms with van der Waals surface area (Å²) in [6, 6.07) is 17.5. The Kier molecular flexibility index (Phi) is 6.27. The van der Waals surface area contributed by atoms with Gasteiger partial charge >= 0.3 is 0 Å². The first-order chi connectivity index (χ1) is 13.1. The Labute approximate surface area is 162 Å². The van der Waals surface area contributed by atoms with E-state index < -0.39 is 0 Å². The molecule has 0 bridgehead atoms. The third-order valence-corrected chi connectivity index (χ3v) is 4.65. The molecule has 0 atom stereocenters. The van der Waals surface area contributed by atoms with E-state index >= 15 is 0 Å². The summed E-state index contributed by atoms with van der Waals surface area (Å²) in [5, 5.41) is 6.76. The summed E-state index contributed by atoms with van der Waals surface area (Å²) in [5.41, 5.74) is 2.02. The van der Waals surface area contributed by atoms with E-state index in [1.54, 1.807) is 6.20 Å². The van der Waals surface area contributed by atoms with Gasteiger partial charge in [-0.05, 0) is 30.3 Å². The fourth-order valence-corrected chi connectivity index (χ4v) is 3.11. The summed E-state index contributed by atoms with van der Waals surface area (Å²) in [6.45, 7) is 0.844. The predicted octanol–water partition coefficient (Wildman–Crippen LogP) is 3.76. The Bertz CT molecular complexity index is 880. The number of carbonyl (C=O) groups is 1. The number of hydrogen-bond acceptors (Lipinski definition) is 6. The molecule has 1 aromatic heterocycles. The van der Waals surface area contributed by atoms with Gasteiger partial charge in [0.05, 0.1) is 12.7 Å². The van der Waals surface area contributed by atoms with Crippen LogP contribution < -0.4 is 20.3 Å². The zero-order chi connectivity index (χ0) is 19.1. The highest BCUT2D eigenvalue weighted by atomic mass is 32.1. The number of hydrogen-bond donors (Lipinski definition) is 2. The van der Waals surface area contributed by atoms with E-state index in [1.165, 1.54) is 11.3 Å². The van der Waals surface area contributed by atoms with Crippen LogP contribution in [0.3, 0.4) is 0 Å². The molecule has 0 aliphatic heterocycles. The smallest absolute Gasteiger partial charge is 0.263 e. The maximum atomic E-state index is 12.2. The molecule has 0 radical (unpaired) electrons. The predicted molar refractivity (Wildman–Crippen MR) is 110 cm³/mol. The molecule has 1 heterocycles. The second kappa shape index (κ2) is 9.05. The first-order valence-corrected chi connectivity index (χ1v) is 9.40. The molecule has 0 fully saturated rings. The Hall–Kier alpha value is -3.06. The number of nitrogens with one attached hydrogen (secondary N) is 2. The average molecular weight is 382 g/mol. The second-order valence-corrected chi connectivity index (χ2v) is 7.05. The second-order valence-electron chi connectivity index (χ2n) is 6.02. The number of nitrogens with zero attached hydrogens (tertiary/aromatic N) is 2. The van der Waals surface area contributed by atoms with Gasteiger partial charge in [-0.25, -0.2) is 4.98 Å². The van der Waals surface area contributed by atoms with E-state index in [9.17, 15) is 4.79 Å². The summed E-state index contributed by atoms with van der Waals surface area (Å²) in [7, 11) is 3.99. The number of anilines is 3. The zero-order valence-electron chi connectivity index (χ0n) is 15.3. The van der Waals surface area contributed by atoms with Gasteiger partial charge in [0, 0.05) is 25.5 Å². The number of para-hydroxylation sites is 1. The summed E-state index contributed by atoms with van der Waals surface area (Å²) in [4.78, 5) is 19.1. The van der Waals surface area contributed by atoms with E-state index in [0.717, 1.165) is 17.1 Å². The molecule has 2 aromatic carbocycles. The van der Waals surface area contributed by atoms with Crippen LogP contribution in [0.25, 0.3) is 0 Å². The number of thiazole rings is 1. The minimum atomic E-state index is -0.153. The summed E-state index contributed by atoms with van der Waals surface area (Å²) >= 11 is 1.32. The topological polar surface area (TPSA) is 66.5 Å². The Morgan fingerprint density at radius 2 is 1.96 bits per heavy atom. The third-order valence-electron chi connectivity index (χ3n) is 3.74. The molecule has 27 heavy (non-hydrogen) atoms. The molecule has 3 aromatic rings. The van der Waals surface area contributed by atoms with Crippen molar-refractivity contribution in [2.24, 2.45) is 0 Å². The van der Waals surface area contributed by atoms with E-state index in [2.05, 4.69) is 15.6 Å². The minimum absolute atomic E-state index is 0.153. The van der Waals surface area contributed by atoms with Crippen LogP contribution in [0.2, 0.25) is 0 Å². The Morgan fingerprint density at radius 3 is 2.74 bits per heavy atom. The van der Waals surface area contributed by atoms with Crippen LogP contribution in [-0.2, 0) is 0 Å². The first-order valence-electron chi connectivity index (χ1n) is 8.58. The molecule has 140 valence electrons. The molecule has 7 heteroatoms. The SMILES string of the molecule is CN(C)c1cccc(Nc2ncc(C(=O)NCCOc3ccccc3)s2)c1. The lowest BCUT2D eigenvalue weighted by Gasteiger charge is -2.13. The van der Waals surface area contributed by atoms with E-state index in [4.69, 9.17) is 4.74 Å². The standard InChI is InChI=1S/C20H22N4O2S/c1-24(2)16-8-6-7-15(13-16)23-20-22-14-18(27-20)19(25)21-11-12-26-17-9-4-3-5-10-17/h3-10,13-14H,11-12H2,1-2H3,(H,21,25)(H,22,23). The van der Waals surface area contributed by atoms with Gasteiger partial charge < -0.3 is 20.3 Å². The highest BCUT2D eigenvalue weighted by molar-refractivity contribution is 7.17. The molecule has 0 saturated heterocycles. The van der Waals surface area contributed by atoms with Gasteiger partial charge in [-0.3, -0.25) is 4.79 Å². The Morgan fingerprint density at radius 1 is 1.15 bits per heavy atom. The number of carbonyl (C=O) groups excluding carboxylic acids is 1. The maximum Gasteiger partial charge on any atom is 0.263 e. The molecule has 6 nitrogen and oxygen atoms in total. The number of rotatable bonds is 8. The number of amides is 1. The van der Waals surface area contributed by atoms with Crippen molar-refractivity contribution in [2.75, 3.05) is 37.5 Å². The fraction of sp³-hybridized carbons (Fsp3) is 0.200. The van der Waals surface area contributed by atoms with Crippen molar-refractivity contribution in [2.45, 2.75) is 0 Å². The van der Waals surface area contributed by atoms with Crippen LogP contribution in [0.15, 0.2) is 60.8 Å². The lowest BCUT2D eigenvalue weighted by atomic mass is 10.2. The Balaban J connectivity index is 1.49. The maximum absolute atomic E-state index is 12.2. The van der Waals surface area contributed by atoms with Gasteiger partial charge in [0.15, 0.2) is 5.13 Å². The van der Waals surface area contributed by atoms with Gasteiger partial charge in [0.1, 0.15) is 17.2 Å². The summed E-state index contributed by atoms with van der Waals surface area (Å²) < 4.78 is 5.56. The molecule has 0 unspecified atom stereocenters. The third kappa shape index (κ3) is 5.46. The van der Waals surface area contributed by atoms with Crippen molar-refractivity contribution >= 4 is 33.8 Å². The normalized spacial score (nSPS) is 10.3. The minimum Gasteiger partial charge on any atom is -0.492 e. The van der Waals surface area contributed by atoms with Gasteiger partial charge in [0.2, 0.25) is 0 Å². The first kappa shape index (κ1) is 18.7. The zero-order valence-corrected chi connectivity index (χ0v) is 16.1. The monoisotopic (exact) mass is 382 g/mol. The van der Waals surface area contributed by atoms with E-state index in [0.29, 0.717) is 23.2 Å². The molecule has 3 rings (SSSR count). The molecule has 0 spiro atoms. The number of aromatic nitrogens is 1. The molecular weight excluding hydrogens is 360 g/mol. The quantitative estimate of drug-likeness (QED) is 0.581. The lowest BCUT2D eigenvalue weighted by Crippen LogP contribution is -2.27. The molecule has 0 saturated carbocycles. The summed E-state index contributed by atoms with van der Waals surface area (Å²) in [6.07, 6.45) is 1.58. The number of ether oxygens (including phenoxy) is 1. The highest BCUT2D eigenvalue weighted by Crippen LogP contribution is 2.25. The van der Waals surface area contributed by atoms with E-state index in [1.807, 2.05) is 73.6 Å². The highest BCUT2D eigenvalue weighted by Gasteiger charge is 2.10. The van der Waals surface area contributed by atoms with Crippen LogP contribution in [-0.4, -0.2) is 38.1 Å². The van der Waals surface area contributed by atoms with Gasteiger partial charge in [-0.15, -0.1) is 0 Å². The van der Waals surface area contributed by atoms with Crippen LogP contribution in [0.1, 0.15) is 9.67 Å². The van der Waals surface area contributed by atoms with Crippen molar-refractivity contribution in [1.82, 2.24) is 10.3 Å². The molecule has 1 amide bonds. The van der Waals surface area contributed by atoms with Crippen molar-refractivity contribution < 1.29 is 9.53 Å². The number of benzene rings is 2. The van der Waals surface area contributed by atoms with Crippen molar-refractivity contribution in [3.63, 3.8) is 0 Å². The van der Waals surface area contributed by atoms with Crippen molar-refractivity contribution in [1.29, 1.82) is 0 Å². The molecule has 2 N–H and O–H groups in total. The molecule has 0 aliphatic rings. The average Bonchev–Trinajstić information content (AvgIpc) is 3.14.